The van der Waals surface area contributed by atoms with E-state index < -0.39 is 12.1 Å². The van der Waals surface area contributed by atoms with Crippen molar-refractivity contribution in [2.75, 3.05) is 11.9 Å². The summed E-state index contributed by atoms with van der Waals surface area (Å²) in [7, 11) is 0. The van der Waals surface area contributed by atoms with Crippen molar-refractivity contribution in [3.8, 4) is 0 Å². The van der Waals surface area contributed by atoms with Gasteiger partial charge in [0.25, 0.3) is 5.91 Å². The molecule has 1 aliphatic rings. The smallest absolute Gasteiger partial charge is 0.407 e. The lowest BCUT2D eigenvalue weighted by atomic mass is 10.2. The van der Waals surface area contributed by atoms with E-state index in [0.717, 1.165) is 0 Å². The summed E-state index contributed by atoms with van der Waals surface area (Å²) in [6.45, 7) is 0.0368. The summed E-state index contributed by atoms with van der Waals surface area (Å²) in [4.78, 5) is 22.4. The fraction of sp³-hybridized carbons (Fsp3) is 0.200. The Bertz CT molecular complexity index is 436. The molecule has 1 aromatic carbocycles. The first-order valence-corrected chi connectivity index (χ1v) is 5.03. The Balaban J connectivity index is 2.03. The van der Waals surface area contributed by atoms with Crippen LogP contribution in [-0.2, 0) is 9.53 Å². The Hall–Kier alpha value is -1.75. The summed E-state index contributed by atoms with van der Waals surface area (Å²) in [6, 6.07) is 6.20. The molecule has 2 N–H and O–H groups in total. The van der Waals surface area contributed by atoms with Gasteiger partial charge in [0.2, 0.25) is 0 Å². The van der Waals surface area contributed by atoms with Crippen molar-refractivity contribution in [3.63, 3.8) is 0 Å². The number of nitrogens with one attached hydrogen (secondary N) is 2. The normalized spacial score (nSPS) is 18.8. The third kappa shape index (κ3) is 2.25. The van der Waals surface area contributed by atoms with Crippen molar-refractivity contribution < 1.29 is 14.3 Å². The second kappa shape index (κ2) is 4.40. The second-order valence-electron chi connectivity index (χ2n) is 3.26. The molecule has 1 aliphatic heterocycles. The molecule has 1 aromatic rings. The van der Waals surface area contributed by atoms with Crippen molar-refractivity contribution in [2.24, 2.45) is 0 Å². The number of cyclic esters (lactones) is 1. The van der Waals surface area contributed by atoms with Crippen LogP contribution in [0.5, 0.6) is 0 Å². The zero-order valence-corrected chi connectivity index (χ0v) is 8.95. The number of rotatable bonds is 2. The number of benzene rings is 1. The van der Waals surface area contributed by atoms with E-state index in [1.165, 1.54) is 0 Å². The van der Waals surface area contributed by atoms with Crippen LogP contribution in [0.1, 0.15) is 0 Å². The fourth-order valence-corrected chi connectivity index (χ4v) is 1.49. The molecule has 0 bridgehead atoms. The van der Waals surface area contributed by atoms with Gasteiger partial charge >= 0.3 is 6.09 Å². The molecule has 84 valence electrons. The van der Waals surface area contributed by atoms with Gasteiger partial charge in [-0.15, -0.1) is 0 Å². The molecular formula is C10H9ClN2O3. The highest BCUT2D eigenvalue weighted by molar-refractivity contribution is 6.33. The first-order valence-electron chi connectivity index (χ1n) is 4.65. The van der Waals surface area contributed by atoms with Crippen molar-refractivity contribution in [1.82, 2.24) is 5.32 Å². The van der Waals surface area contributed by atoms with Crippen LogP contribution >= 0.6 is 11.6 Å². The Morgan fingerprint density at radius 2 is 2.25 bits per heavy atom. The van der Waals surface area contributed by atoms with E-state index in [-0.39, 0.29) is 12.5 Å². The highest BCUT2D eigenvalue weighted by atomic mass is 35.5. The summed E-state index contributed by atoms with van der Waals surface area (Å²) in [6.07, 6.45) is -0.584. The minimum absolute atomic E-state index is 0.0368. The van der Waals surface area contributed by atoms with Gasteiger partial charge < -0.3 is 15.4 Å². The van der Waals surface area contributed by atoms with E-state index >= 15 is 0 Å². The molecule has 5 nitrogen and oxygen atoms in total. The molecule has 1 atom stereocenters. The number of hydrogen-bond acceptors (Lipinski definition) is 3. The van der Waals surface area contributed by atoms with Crippen LogP contribution < -0.4 is 10.6 Å². The number of ether oxygens (including phenoxy) is 1. The van der Waals surface area contributed by atoms with Crippen LogP contribution in [0.2, 0.25) is 5.02 Å². The molecule has 0 aliphatic carbocycles. The van der Waals surface area contributed by atoms with Crippen LogP contribution in [0.4, 0.5) is 10.5 Å². The average Bonchev–Trinajstić information content (AvgIpc) is 2.68. The summed E-state index contributed by atoms with van der Waals surface area (Å²) in [5, 5.41) is 5.43. The molecule has 1 fully saturated rings. The van der Waals surface area contributed by atoms with Crippen LogP contribution in [0.25, 0.3) is 0 Å². The Labute approximate surface area is 96.7 Å². The largest absolute Gasteiger partial charge is 0.447 e. The van der Waals surface area contributed by atoms with E-state index in [1.807, 2.05) is 0 Å². The van der Waals surface area contributed by atoms with Crippen LogP contribution in [0.15, 0.2) is 24.3 Å². The van der Waals surface area contributed by atoms with E-state index in [2.05, 4.69) is 15.4 Å². The van der Waals surface area contributed by atoms with E-state index in [1.54, 1.807) is 24.3 Å². The number of amides is 2. The summed E-state index contributed by atoms with van der Waals surface area (Å²) < 4.78 is 4.61. The van der Waals surface area contributed by atoms with Gasteiger partial charge in [-0.2, -0.15) is 0 Å². The maximum absolute atomic E-state index is 11.6. The van der Waals surface area contributed by atoms with Crippen LogP contribution in [0.3, 0.4) is 0 Å². The van der Waals surface area contributed by atoms with Gasteiger partial charge in [0.05, 0.1) is 10.7 Å². The molecular weight excluding hydrogens is 232 g/mol. The van der Waals surface area contributed by atoms with E-state index in [0.29, 0.717) is 10.7 Å². The Morgan fingerprint density at radius 3 is 2.88 bits per heavy atom. The van der Waals surface area contributed by atoms with Gasteiger partial charge in [0.15, 0.2) is 0 Å². The number of anilines is 1. The van der Waals surface area contributed by atoms with Crippen LogP contribution in [-0.4, -0.2) is 24.6 Å². The monoisotopic (exact) mass is 240 g/mol. The summed E-state index contributed by atoms with van der Waals surface area (Å²) in [5.74, 6) is -0.348. The molecule has 0 saturated carbocycles. The minimum atomic E-state index is -0.663. The van der Waals surface area contributed by atoms with Gasteiger partial charge in [0.1, 0.15) is 12.6 Å². The van der Waals surface area contributed by atoms with Gasteiger partial charge in [0, 0.05) is 0 Å². The minimum Gasteiger partial charge on any atom is -0.447 e. The lowest BCUT2D eigenvalue weighted by molar-refractivity contribution is -0.117. The fourth-order valence-electron chi connectivity index (χ4n) is 1.31. The predicted octanol–water partition coefficient (Wildman–Crippen LogP) is 1.39. The van der Waals surface area contributed by atoms with Crippen molar-refractivity contribution >= 4 is 29.3 Å². The zero-order valence-electron chi connectivity index (χ0n) is 8.20. The molecule has 6 heteroatoms. The standard InChI is InChI=1S/C10H9ClN2O3/c11-6-3-1-2-4-7(6)12-9(14)8-5-16-10(15)13-8/h1-4,8H,5H2,(H,12,14)(H,13,15). The maximum Gasteiger partial charge on any atom is 0.407 e. The van der Waals surface area contributed by atoms with Crippen molar-refractivity contribution in [1.29, 1.82) is 0 Å². The highest BCUT2D eigenvalue weighted by Gasteiger charge is 2.28. The average molecular weight is 241 g/mol. The molecule has 1 heterocycles. The lowest BCUT2D eigenvalue weighted by Crippen LogP contribution is -2.38. The molecule has 0 radical (unpaired) electrons. The van der Waals surface area contributed by atoms with Gasteiger partial charge in [-0.3, -0.25) is 4.79 Å². The molecule has 1 unspecified atom stereocenters. The molecule has 0 aromatic heterocycles. The van der Waals surface area contributed by atoms with Gasteiger partial charge in [-0.05, 0) is 12.1 Å². The zero-order chi connectivity index (χ0) is 11.5. The van der Waals surface area contributed by atoms with Crippen molar-refractivity contribution in [2.45, 2.75) is 6.04 Å². The number of carbonyl (C=O) groups excluding carboxylic acids is 2. The van der Waals surface area contributed by atoms with Gasteiger partial charge in [-0.1, -0.05) is 23.7 Å². The molecule has 0 spiro atoms. The quantitative estimate of drug-likeness (QED) is 0.821. The number of halogens is 1. The maximum atomic E-state index is 11.6. The van der Waals surface area contributed by atoms with Gasteiger partial charge in [-0.25, -0.2) is 4.79 Å². The Morgan fingerprint density at radius 1 is 1.50 bits per heavy atom. The summed E-state index contributed by atoms with van der Waals surface area (Å²) >= 11 is 5.87. The molecule has 16 heavy (non-hydrogen) atoms. The highest BCUT2D eigenvalue weighted by Crippen LogP contribution is 2.20. The third-order valence-corrected chi connectivity index (χ3v) is 2.45. The molecule has 2 rings (SSSR count). The Kier molecular flexibility index (Phi) is 2.96. The first kappa shape index (κ1) is 10.8. The first-order chi connectivity index (χ1) is 7.66. The van der Waals surface area contributed by atoms with E-state index in [4.69, 9.17) is 11.6 Å². The number of para-hydroxylation sites is 1. The number of carbonyl (C=O) groups is 2. The number of hydrogen-bond donors (Lipinski definition) is 2. The number of alkyl carbamates (subject to hydrolysis) is 1. The third-order valence-electron chi connectivity index (χ3n) is 2.12. The lowest BCUT2D eigenvalue weighted by Gasteiger charge is -2.09. The predicted molar refractivity (Wildman–Crippen MR) is 58.4 cm³/mol. The van der Waals surface area contributed by atoms with Crippen molar-refractivity contribution in [3.05, 3.63) is 29.3 Å². The topological polar surface area (TPSA) is 67.4 Å². The molecule has 1 saturated heterocycles. The summed E-state index contributed by atoms with van der Waals surface area (Å²) in [5.41, 5.74) is 0.510. The molecule has 2 amide bonds. The van der Waals surface area contributed by atoms with E-state index in [9.17, 15) is 9.59 Å². The SMILES string of the molecule is O=C1NC(C(=O)Nc2ccccc2Cl)CO1. The van der Waals surface area contributed by atoms with Crippen LogP contribution in [0, 0.1) is 0 Å². The second-order valence-corrected chi connectivity index (χ2v) is 3.67.